The Balaban J connectivity index is 1.94. The van der Waals surface area contributed by atoms with Crippen molar-refractivity contribution < 1.29 is 17.7 Å². The molecule has 1 aromatic heterocycles. The van der Waals surface area contributed by atoms with Crippen LogP contribution in [0, 0.1) is 0 Å². The van der Waals surface area contributed by atoms with E-state index in [0.29, 0.717) is 23.0 Å². The van der Waals surface area contributed by atoms with E-state index >= 15 is 0 Å². The van der Waals surface area contributed by atoms with E-state index in [4.69, 9.17) is 9.26 Å². The van der Waals surface area contributed by atoms with Crippen LogP contribution in [0.25, 0.3) is 22.8 Å². The van der Waals surface area contributed by atoms with Gasteiger partial charge >= 0.3 is 0 Å². The smallest absolute Gasteiger partial charge is 0.258 e. The average Bonchev–Trinajstić information content (AvgIpc) is 3.11. The van der Waals surface area contributed by atoms with Crippen LogP contribution >= 0.6 is 0 Å². The van der Waals surface area contributed by atoms with E-state index in [2.05, 4.69) is 10.1 Å². The Morgan fingerprint density at radius 1 is 1.08 bits per heavy atom. The molecule has 0 N–H and O–H groups in total. The predicted octanol–water partition coefficient (Wildman–Crippen LogP) is 3.21. The fourth-order valence-corrected chi connectivity index (χ4v) is 3.14. The van der Waals surface area contributed by atoms with Crippen LogP contribution in [0.1, 0.15) is 6.92 Å². The van der Waals surface area contributed by atoms with Gasteiger partial charge in [0, 0.05) is 5.56 Å². The SMILES string of the molecule is CCS(=O)(=O)c1ccc(-c2nc(-c3ccccc3OC)no2)cc1. The summed E-state index contributed by atoms with van der Waals surface area (Å²) in [6, 6.07) is 13.8. The number of para-hydroxylation sites is 1. The summed E-state index contributed by atoms with van der Waals surface area (Å²) in [4.78, 5) is 4.64. The Bertz CT molecular complexity index is 947. The topological polar surface area (TPSA) is 82.3 Å². The first-order chi connectivity index (χ1) is 11.5. The molecule has 7 heteroatoms. The van der Waals surface area contributed by atoms with E-state index in [0.717, 1.165) is 5.56 Å². The number of rotatable bonds is 5. The normalized spacial score (nSPS) is 11.4. The van der Waals surface area contributed by atoms with Crippen molar-refractivity contribution in [1.82, 2.24) is 10.1 Å². The Hall–Kier alpha value is -2.67. The third-order valence-electron chi connectivity index (χ3n) is 3.61. The van der Waals surface area contributed by atoms with Gasteiger partial charge in [0.05, 0.1) is 23.3 Å². The molecule has 3 aromatic rings. The van der Waals surface area contributed by atoms with Crippen LogP contribution in [0.15, 0.2) is 57.9 Å². The average molecular weight is 344 g/mol. The highest BCUT2D eigenvalue weighted by Gasteiger charge is 2.15. The number of benzene rings is 2. The van der Waals surface area contributed by atoms with Crippen LogP contribution in [0.2, 0.25) is 0 Å². The van der Waals surface area contributed by atoms with E-state index in [9.17, 15) is 8.42 Å². The lowest BCUT2D eigenvalue weighted by molar-refractivity contribution is 0.413. The van der Waals surface area contributed by atoms with E-state index in [1.165, 1.54) is 0 Å². The molecule has 0 saturated carbocycles. The van der Waals surface area contributed by atoms with Gasteiger partial charge in [0.1, 0.15) is 5.75 Å². The van der Waals surface area contributed by atoms with Gasteiger partial charge in [-0.05, 0) is 36.4 Å². The van der Waals surface area contributed by atoms with Crippen LogP contribution in [0.4, 0.5) is 0 Å². The number of aromatic nitrogens is 2. The number of nitrogens with zero attached hydrogens (tertiary/aromatic N) is 2. The maximum atomic E-state index is 11.8. The van der Waals surface area contributed by atoms with E-state index < -0.39 is 9.84 Å². The molecule has 0 aliphatic heterocycles. The van der Waals surface area contributed by atoms with Crippen LogP contribution in [-0.4, -0.2) is 31.4 Å². The summed E-state index contributed by atoms with van der Waals surface area (Å²) >= 11 is 0. The van der Waals surface area contributed by atoms with Gasteiger partial charge < -0.3 is 9.26 Å². The van der Waals surface area contributed by atoms with Crippen molar-refractivity contribution in [2.75, 3.05) is 12.9 Å². The molecule has 0 saturated heterocycles. The Morgan fingerprint density at radius 3 is 2.46 bits per heavy atom. The molecule has 2 aromatic carbocycles. The molecule has 3 rings (SSSR count). The van der Waals surface area contributed by atoms with Crippen molar-refractivity contribution in [2.45, 2.75) is 11.8 Å². The second-order valence-corrected chi connectivity index (χ2v) is 7.33. The highest BCUT2D eigenvalue weighted by Crippen LogP contribution is 2.29. The fraction of sp³-hybridized carbons (Fsp3) is 0.176. The summed E-state index contributed by atoms with van der Waals surface area (Å²) in [6.45, 7) is 1.61. The molecule has 0 amide bonds. The minimum Gasteiger partial charge on any atom is -0.496 e. The zero-order chi connectivity index (χ0) is 17.2. The van der Waals surface area contributed by atoms with Gasteiger partial charge in [-0.3, -0.25) is 0 Å². The molecule has 0 aliphatic carbocycles. The van der Waals surface area contributed by atoms with Gasteiger partial charge in [0.15, 0.2) is 9.84 Å². The summed E-state index contributed by atoms with van der Waals surface area (Å²) < 4.78 is 34.3. The molecule has 124 valence electrons. The van der Waals surface area contributed by atoms with Crippen LogP contribution in [0.3, 0.4) is 0 Å². The molecule has 1 heterocycles. The third-order valence-corrected chi connectivity index (χ3v) is 5.36. The molecular formula is C17H16N2O4S. The van der Waals surface area contributed by atoms with Crippen molar-refractivity contribution in [2.24, 2.45) is 0 Å². The van der Waals surface area contributed by atoms with Gasteiger partial charge in [0.25, 0.3) is 5.89 Å². The van der Waals surface area contributed by atoms with Crippen molar-refractivity contribution in [3.8, 4) is 28.6 Å². The van der Waals surface area contributed by atoms with Crippen molar-refractivity contribution >= 4 is 9.84 Å². The zero-order valence-corrected chi connectivity index (χ0v) is 14.1. The van der Waals surface area contributed by atoms with Gasteiger partial charge in [0.2, 0.25) is 5.82 Å². The van der Waals surface area contributed by atoms with E-state index in [1.54, 1.807) is 38.3 Å². The van der Waals surface area contributed by atoms with Gasteiger partial charge in [-0.15, -0.1) is 0 Å². The number of methoxy groups -OCH3 is 1. The summed E-state index contributed by atoms with van der Waals surface area (Å²) in [5.74, 6) is 1.43. The first-order valence-electron chi connectivity index (χ1n) is 7.35. The highest BCUT2D eigenvalue weighted by atomic mass is 32.2. The molecule has 6 nitrogen and oxygen atoms in total. The Morgan fingerprint density at radius 2 is 1.79 bits per heavy atom. The predicted molar refractivity (Wildman–Crippen MR) is 89.4 cm³/mol. The Labute approximate surface area is 140 Å². The van der Waals surface area contributed by atoms with E-state index in [1.807, 2.05) is 24.3 Å². The molecule has 0 unspecified atom stereocenters. The van der Waals surface area contributed by atoms with Crippen molar-refractivity contribution in [3.63, 3.8) is 0 Å². The minimum atomic E-state index is -3.23. The summed E-state index contributed by atoms with van der Waals surface area (Å²) in [5.41, 5.74) is 1.37. The number of hydrogen-bond donors (Lipinski definition) is 0. The largest absolute Gasteiger partial charge is 0.496 e. The first-order valence-corrected chi connectivity index (χ1v) is 9.00. The standard InChI is InChI=1S/C17H16N2O4S/c1-3-24(20,21)13-10-8-12(9-11-13)17-18-16(19-23-17)14-6-4-5-7-15(14)22-2/h4-11H,3H2,1-2H3. The molecule has 0 aliphatic rings. The van der Waals surface area contributed by atoms with Crippen LogP contribution < -0.4 is 4.74 Å². The second-order valence-electron chi connectivity index (χ2n) is 5.05. The molecule has 0 spiro atoms. The van der Waals surface area contributed by atoms with Crippen molar-refractivity contribution in [1.29, 1.82) is 0 Å². The summed E-state index contributed by atoms with van der Waals surface area (Å²) in [6.07, 6.45) is 0. The summed E-state index contributed by atoms with van der Waals surface area (Å²) in [7, 11) is -1.65. The highest BCUT2D eigenvalue weighted by molar-refractivity contribution is 7.91. The lowest BCUT2D eigenvalue weighted by Gasteiger charge is -2.03. The zero-order valence-electron chi connectivity index (χ0n) is 13.3. The number of ether oxygens (including phenoxy) is 1. The monoisotopic (exact) mass is 344 g/mol. The fourth-order valence-electron chi connectivity index (χ4n) is 2.25. The number of hydrogen-bond acceptors (Lipinski definition) is 6. The Kier molecular flexibility index (Phi) is 4.35. The maximum absolute atomic E-state index is 11.8. The van der Waals surface area contributed by atoms with Crippen molar-refractivity contribution in [3.05, 3.63) is 48.5 Å². The molecule has 0 radical (unpaired) electrons. The molecule has 0 atom stereocenters. The molecule has 0 bridgehead atoms. The van der Waals surface area contributed by atoms with Gasteiger partial charge in [-0.1, -0.05) is 24.2 Å². The van der Waals surface area contributed by atoms with Gasteiger partial charge in [-0.25, -0.2) is 8.42 Å². The van der Waals surface area contributed by atoms with Crippen LogP contribution in [-0.2, 0) is 9.84 Å². The second kappa shape index (κ2) is 6.45. The van der Waals surface area contributed by atoms with E-state index in [-0.39, 0.29) is 10.6 Å². The lowest BCUT2D eigenvalue weighted by Crippen LogP contribution is -2.03. The molecule has 0 fully saturated rings. The quantitative estimate of drug-likeness (QED) is 0.707. The molecular weight excluding hydrogens is 328 g/mol. The summed E-state index contributed by atoms with van der Waals surface area (Å²) in [5, 5.41) is 3.97. The van der Waals surface area contributed by atoms with Crippen LogP contribution in [0.5, 0.6) is 5.75 Å². The molecule has 24 heavy (non-hydrogen) atoms. The first kappa shape index (κ1) is 16.2. The number of sulfone groups is 1. The van der Waals surface area contributed by atoms with Gasteiger partial charge in [-0.2, -0.15) is 4.98 Å². The third kappa shape index (κ3) is 3.03. The minimum absolute atomic E-state index is 0.0604. The lowest BCUT2D eigenvalue weighted by atomic mass is 10.2. The maximum Gasteiger partial charge on any atom is 0.258 e.